The third-order valence-electron chi connectivity index (χ3n) is 3.20. The van der Waals surface area contributed by atoms with Crippen LogP contribution < -0.4 is 9.47 Å². The monoisotopic (exact) mass is 304 g/mol. The highest BCUT2D eigenvalue weighted by Gasteiger charge is 2.14. The van der Waals surface area contributed by atoms with Crippen LogP contribution in [0, 0.1) is 6.92 Å². The van der Waals surface area contributed by atoms with Gasteiger partial charge in [0.25, 0.3) is 0 Å². The summed E-state index contributed by atoms with van der Waals surface area (Å²) in [6, 6.07) is 13.7. The van der Waals surface area contributed by atoms with Crippen LogP contribution in [0.1, 0.15) is 17.2 Å². The molecule has 0 aliphatic carbocycles. The van der Waals surface area contributed by atoms with Gasteiger partial charge in [-0.15, -0.1) is 11.8 Å². The molecule has 0 heterocycles. The number of hydrogen-bond donors (Lipinski definition) is 1. The Hall–Kier alpha value is -1.65. The minimum absolute atomic E-state index is 0.576. The maximum Gasteiger partial charge on any atom is 0.128 e. The molecule has 2 aromatic carbocycles. The SMILES string of the molecule is COc1ccc(C(O)CSc2cccc(C)c2)c(OC)c1. The van der Waals surface area contributed by atoms with Gasteiger partial charge in [0.1, 0.15) is 11.5 Å². The quantitative estimate of drug-likeness (QED) is 0.823. The number of aliphatic hydroxyl groups is 1. The van der Waals surface area contributed by atoms with E-state index < -0.39 is 6.10 Å². The van der Waals surface area contributed by atoms with Crippen molar-refractivity contribution in [3.05, 3.63) is 53.6 Å². The Morgan fingerprint density at radius 3 is 2.57 bits per heavy atom. The molecule has 0 fully saturated rings. The molecule has 0 aliphatic rings. The Balaban J connectivity index is 2.07. The Morgan fingerprint density at radius 2 is 1.90 bits per heavy atom. The molecule has 0 spiro atoms. The van der Waals surface area contributed by atoms with E-state index in [1.54, 1.807) is 32.0 Å². The molecule has 0 bridgehead atoms. The third-order valence-corrected chi connectivity index (χ3v) is 4.27. The normalized spacial score (nSPS) is 12.0. The second kappa shape index (κ2) is 7.38. The van der Waals surface area contributed by atoms with Crippen molar-refractivity contribution in [3.8, 4) is 11.5 Å². The van der Waals surface area contributed by atoms with Gasteiger partial charge in [-0.05, 0) is 31.2 Å². The molecule has 0 aromatic heterocycles. The lowest BCUT2D eigenvalue weighted by atomic mass is 10.1. The first-order valence-electron chi connectivity index (χ1n) is 6.73. The molecule has 0 saturated heterocycles. The lowest BCUT2D eigenvalue weighted by molar-refractivity contribution is 0.199. The van der Waals surface area contributed by atoms with Crippen molar-refractivity contribution in [2.24, 2.45) is 0 Å². The Morgan fingerprint density at radius 1 is 1.10 bits per heavy atom. The Kier molecular flexibility index (Phi) is 5.53. The average Bonchev–Trinajstić information content (AvgIpc) is 2.52. The fourth-order valence-corrected chi connectivity index (χ4v) is 3.04. The molecule has 4 heteroatoms. The summed E-state index contributed by atoms with van der Waals surface area (Å²) >= 11 is 1.63. The maximum absolute atomic E-state index is 10.4. The molecule has 2 rings (SSSR count). The Bertz CT molecular complexity index is 598. The Labute approximate surface area is 129 Å². The first-order valence-corrected chi connectivity index (χ1v) is 7.72. The van der Waals surface area contributed by atoms with Gasteiger partial charge >= 0.3 is 0 Å². The largest absolute Gasteiger partial charge is 0.497 e. The van der Waals surface area contributed by atoms with E-state index in [1.165, 1.54) is 5.56 Å². The lowest BCUT2D eigenvalue weighted by Gasteiger charge is -2.15. The molecule has 1 N–H and O–H groups in total. The van der Waals surface area contributed by atoms with Gasteiger partial charge in [-0.2, -0.15) is 0 Å². The van der Waals surface area contributed by atoms with Crippen LogP contribution in [0.2, 0.25) is 0 Å². The van der Waals surface area contributed by atoms with E-state index in [4.69, 9.17) is 9.47 Å². The standard InChI is InChI=1S/C17H20O3S/c1-12-5-4-6-14(9-12)21-11-16(18)15-8-7-13(19-2)10-17(15)20-3/h4-10,16,18H,11H2,1-3H3. The number of benzene rings is 2. The molecule has 1 atom stereocenters. The molecule has 112 valence electrons. The first-order chi connectivity index (χ1) is 10.1. The highest BCUT2D eigenvalue weighted by molar-refractivity contribution is 7.99. The molecule has 3 nitrogen and oxygen atoms in total. The molecular formula is C17H20O3S. The number of rotatable bonds is 6. The van der Waals surface area contributed by atoms with Gasteiger partial charge in [0.05, 0.1) is 20.3 Å². The zero-order chi connectivity index (χ0) is 15.2. The molecule has 0 aliphatic heterocycles. The fraction of sp³-hybridized carbons (Fsp3) is 0.294. The summed E-state index contributed by atoms with van der Waals surface area (Å²) in [5.74, 6) is 1.94. The minimum Gasteiger partial charge on any atom is -0.497 e. The molecule has 1 unspecified atom stereocenters. The number of thioether (sulfide) groups is 1. The predicted molar refractivity (Wildman–Crippen MR) is 86.4 cm³/mol. The first kappa shape index (κ1) is 15.7. The fourth-order valence-electron chi connectivity index (χ4n) is 2.06. The van der Waals surface area contributed by atoms with Crippen molar-refractivity contribution in [1.82, 2.24) is 0 Å². The van der Waals surface area contributed by atoms with Crippen LogP contribution in [0.15, 0.2) is 47.4 Å². The second-order valence-corrected chi connectivity index (χ2v) is 5.84. The maximum atomic E-state index is 10.4. The average molecular weight is 304 g/mol. The number of hydrogen-bond acceptors (Lipinski definition) is 4. The van der Waals surface area contributed by atoms with E-state index in [9.17, 15) is 5.11 Å². The van der Waals surface area contributed by atoms with E-state index in [-0.39, 0.29) is 0 Å². The van der Waals surface area contributed by atoms with E-state index in [0.29, 0.717) is 17.3 Å². The van der Waals surface area contributed by atoms with E-state index in [1.807, 2.05) is 18.2 Å². The molecule has 0 saturated carbocycles. The summed E-state index contributed by atoms with van der Waals surface area (Å²) in [6.07, 6.45) is -0.587. The number of methoxy groups -OCH3 is 2. The summed E-state index contributed by atoms with van der Waals surface area (Å²) in [5.41, 5.74) is 2.00. The van der Waals surface area contributed by atoms with Crippen molar-refractivity contribution in [3.63, 3.8) is 0 Å². The molecule has 0 amide bonds. The van der Waals surface area contributed by atoms with Gasteiger partial charge in [0.2, 0.25) is 0 Å². The van der Waals surface area contributed by atoms with Gasteiger partial charge in [-0.1, -0.05) is 17.7 Å². The number of aliphatic hydroxyl groups excluding tert-OH is 1. The number of ether oxygens (including phenoxy) is 2. The van der Waals surface area contributed by atoms with Crippen LogP contribution in [0.3, 0.4) is 0 Å². The zero-order valence-electron chi connectivity index (χ0n) is 12.5. The third kappa shape index (κ3) is 4.16. The topological polar surface area (TPSA) is 38.7 Å². The van der Waals surface area contributed by atoms with Crippen molar-refractivity contribution in [1.29, 1.82) is 0 Å². The van der Waals surface area contributed by atoms with Crippen LogP contribution in [-0.4, -0.2) is 25.1 Å². The molecular weight excluding hydrogens is 284 g/mol. The van der Waals surface area contributed by atoms with Gasteiger partial charge < -0.3 is 14.6 Å². The summed E-state index contributed by atoms with van der Waals surface area (Å²) in [4.78, 5) is 1.15. The minimum atomic E-state index is -0.587. The van der Waals surface area contributed by atoms with E-state index >= 15 is 0 Å². The smallest absolute Gasteiger partial charge is 0.128 e. The van der Waals surface area contributed by atoms with Crippen LogP contribution in [-0.2, 0) is 0 Å². The van der Waals surface area contributed by atoms with Gasteiger partial charge in [0.15, 0.2) is 0 Å². The second-order valence-electron chi connectivity index (χ2n) is 4.75. The highest BCUT2D eigenvalue weighted by Crippen LogP contribution is 2.32. The zero-order valence-corrected chi connectivity index (χ0v) is 13.3. The summed E-state index contributed by atoms with van der Waals surface area (Å²) in [6.45, 7) is 2.06. The van der Waals surface area contributed by atoms with E-state index in [2.05, 4.69) is 25.1 Å². The van der Waals surface area contributed by atoms with Gasteiger partial charge in [-0.25, -0.2) is 0 Å². The van der Waals surface area contributed by atoms with Crippen molar-refractivity contribution in [2.45, 2.75) is 17.9 Å². The van der Waals surface area contributed by atoms with Crippen molar-refractivity contribution >= 4 is 11.8 Å². The van der Waals surface area contributed by atoms with Crippen LogP contribution in [0.25, 0.3) is 0 Å². The summed E-state index contributed by atoms with van der Waals surface area (Å²) < 4.78 is 10.5. The van der Waals surface area contributed by atoms with Crippen molar-refractivity contribution in [2.75, 3.05) is 20.0 Å². The van der Waals surface area contributed by atoms with Crippen LogP contribution in [0.4, 0.5) is 0 Å². The van der Waals surface area contributed by atoms with E-state index in [0.717, 1.165) is 10.5 Å². The summed E-state index contributed by atoms with van der Waals surface area (Å²) in [7, 11) is 3.21. The number of aryl methyl sites for hydroxylation is 1. The molecule has 2 aromatic rings. The van der Waals surface area contributed by atoms with Crippen LogP contribution in [0.5, 0.6) is 11.5 Å². The van der Waals surface area contributed by atoms with Crippen LogP contribution >= 0.6 is 11.8 Å². The van der Waals surface area contributed by atoms with Crippen molar-refractivity contribution < 1.29 is 14.6 Å². The highest BCUT2D eigenvalue weighted by atomic mass is 32.2. The lowest BCUT2D eigenvalue weighted by Crippen LogP contribution is -2.03. The van der Waals surface area contributed by atoms with Gasteiger partial charge in [-0.3, -0.25) is 0 Å². The van der Waals surface area contributed by atoms with Gasteiger partial charge in [0, 0.05) is 22.3 Å². The molecule has 0 radical (unpaired) electrons. The summed E-state index contributed by atoms with van der Waals surface area (Å²) in [5, 5.41) is 10.4. The predicted octanol–water partition coefficient (Wildman–Crippen LogP) is 3.84. The molecule has 21 heavy (non-hydrogen) atoms.